The molecule has 0 bridgehead atoms. The highest BCUT2D eigenvalue weighted by atomic mass is 19.4. The van der Waals surface area contributed by atoms with E-state index in [1.54, 1.807) is 12.1 Å². The predicted molar refractivity (Wildman–Crippen MR) is 110 cm³/mol. The molecule has 6 nitrogen and oxygen atoms in total. The molecule has 0 saturated heterocycles. The number of halogens is 3. The maximum absolute atomic E-state index is 12.9. The molecule has 4 rings (SSSR count). The van der Waals surface area contributed by atoms with E-state index >= 15 is 0 Å². The molecule has 0 atom stereocenters. The summed E-state index contributed by atoms with van der Waals surface area (Å²) in [5, 5.41) is 8.10. The molecule has 2 heterocycles. The molecule has 0 radical (unpaired) electrons. The Labute approximate surface area is 177 Å². The van der Waals surface area contributed by atoms with E-state index in [4.69, 9.17) is 4.74 Å². The third-order valence-electron chi connectivity index (χ3n) is 5.72. The van der Waals surface area contributed by atoms with Crippen LogP contribution in [0.15, 0.2) is 36.5 Å². The third-order valence-corrected chi connectivity index (χ3v) is 5.72. The van der Waals surface area contributed by atoms with Gasteiger partial charge in [-0.05, 0) is 49.8 Å². The minimum Gasteiger partial charge on any atom is -0.494 e. The average molecular weight is 432 g/mol. The number of amides is 1. The summed E-state index contributed by atoms with van der Waals surface area (Å²) in [5.74, 6) is 0.348. The number of methoxy groups -OCH3 is 1. The minimum atomic E-state index is -4.63. The van der Waals surface area contributed by atoms with E-state index in [0.29, 0.717) is 17.5 Å². The highest BCUT2D eigenvalue weighted by Gasteiger charge is 2.33. The summed E-state index contributed by atoms with van der Waals surface area (Å²) in [6.07, 6.45) is 1.77. The molecule has 31 heavy (non-hydrogen) atoms. The number of ether oxygens (including phenoxy) is 1. The van der Waals surface area contributed by atoms with Crippen molar-refractivity contribution in [1.29, 1.82) is 0 Å². The fourth-order valence-electron chi connectivity index (χ4n) is 3.94. The van der Waals surface area contributed by atoms with Crippen LogP contribution >= 0.6 is 0 Å². The number of carbonyl (C=O) groups is 1. The number of pyridine rings is 1. The van der Waals surface area contributed by atoms with Crippen molar-refractivity contribution in [2.75, 3.05) is 12.4 Å². The van der Waals surface area contributed by atoms with Gasteiger partial charge in [-0.1, -0.05) is 13.0 Å². The number of carbonyl (C=O) groups excluding carboxylic acids is 1. The summed E-state index contributed by atoms with van der Waals surface area (Å²) < 4.78 is 46.1. The number of nitrogens with one attached hydrogen (secondary N) is 1. The number of anilines is 1. The van der Waals surface area contributed by atoms with Crippen molar-refractivity contribution in [2.24, 2.45) is 5.92 Å². The van der Waals surface area contributed by atoms with Crippen LogP contribution in [-0.2, 0) is 6.18 Å². The maximum Gasteiger partial charge on any atom is 0.433 e. The number of fused-ring (bicyclic) bond motifs is 1. The molecule has 3 aromatic rings. The quantitative estimate of drug-likeness (QED) is 0.594. The van der Waals surface area contributed by atoms with Crippen LogP contribution in [0.5, 0.6) is 5.75 Å². The van der Waals surface area contributed by atoms with Crippen molar-refractivity contribution in [3.05, 3.63) is 47.9 Å². The van der Waals surface area contributed by atoms with E-state index in [1.807, 2.05) is 10.9 Å². The zero-order valence-electron chi connectivity index (χ0n) is 17.2. The van der Waals surface area contributed by atoms with Crippen LogP contribution in [0.1, 0.15) is 54.8 Å². The van der Waals surface area contributed by atoms with Crippen LogP contribution < -0.4 is 10.1 Å². The molecular formula is C22H23F3N4O2. The summed E-state index contributed by atoms with van der Waals surface area (Å²) in [7, 11) is 1.46. The van der Waals surface area contributed by atoms with Crippen LogP contribution in [0, 0.1) is 5.92 Å². The Hall–Kier alpha value is -3.10. The lowest BCUT2D eigenvalue weighted by atomic mass is 9.87. The summed E-state index contributed by atoms with van der Waals surface area (Å²) in [6, 6.07) is 6.98. The molecule has 2 aromatic heterocycles. The van der Waals surface area contributed by atoms with Gasteiger partial charge in [0, 0.05) is 17.6 Å². The highest BCUT2D eigenvalue weighted by Crippen LogP contribution is 2.35. The van der Waals surface area contributed by atoms with E-state index in [0.717, 1.165) is 54.6 Å². The second kappa shape index (κ2) is 8.20. The molecule has 1 aliphatic rings. The Morgan fingerprint density at radius 1 is 1.19 bits per heavy atom. The summed E-state index contributed by atoms with van der Waals surface area (Å²) in [5.41, 5.74) is -0.378. The minimum absolute atomic E-state index is 0.330. The molecule has 1 N–H and O–H groups in total. The van der Waals surface area contributed by atoms with Crippen molar-refractivity contribution in [2.45, 2.75) is 44.8 Å². The van der Waals surface area contributed by atoms with Gasteiger partial charge in [-0.15, -0.1) is 0 Å². The van der Waals surface area contributed by atoms with Gasteiger partial charge in [-0.2, -0.15) is 18.3 Å². The predicted octanol–water partition coefficient (Wildman–Crippen LogP) is 5.46. The number of rotatable bonds is 4. The normalized spacial score (nSPS) is 19.4. The van der Waals surface area contributed by atoms with Crippen LogP contribution in [0.3, 0.4) is 0 Å². The lowest BCUT2D eigenvalue weighted by Gasteiger charge is -2.26. The van der Waals surface area contributed by atoms with Crippen molar-refractivity contribution < 1.29 is 22.7 Å². The largest absolute Gasteiger partial charge is 0.494 e. The molecule has 0 unspecified atom stereocenters. The molecule has 1 amide bonds. The van der Waals surface area contributed by atoms with E-state index in [9.17, 15) is 18.0 Å². The first-order chi connectivity index (χ1) is 14.7. The lowest BCUT2D eigenvalue weighted by molar-refractivity contribution is -0.141. The van der Waals surface area contributed by atoms with Crippen LogP contribution in [-0.4, -0.2) is 27.8 Å². The SMILES string of the molecule is COc1cc2nn(C3CCC(C)CC3)cc2cc1NC(=O)c1cccc(C(F)(F)F)n1. The molecule has 0 spiro atoms. The zero-order valence-corrected chi connectivity index (χ0v) is 17.2. The Kier molecular flexibility index (Phi) is 5.60. The van der Waals surface area contributed by atoms with Gasteiger partial charge in [-0.3, -0.25) is 9.48 Å². The standard InChI is InChI=1S/C22H23F3N4O2/c1-13-6-8-15(9-7-13)29-12-14-10-18(19(31-2)11-17(14)28-29)27-21(30)16-4-3-5-20(26-16)22(23,24)25/h3-5,10-13,15H,6-9H2,1-2H3,(H,27,30). The van der Waals surface area contributed by atoms with Gasteiger partial charge in [0.15, 0.2) is 0 Å². The van der Waals surface area contributed by atoms with Crippen molar-refractivity contribution in [1.82, 2.24) is 14.8 Å². The Morgan fingerprint density at radius 2 is 1.94 bits per heavy atom. The Balaban J connectivity index is 1.60. The Morgan fingerprint density at radius 3 is 2.61 bits per heavy atom. The topological polar surface area (TPSA) is 69.0 Å². The molecule has 1 aliphatic carbocycles. The average Bonchev–Trinajstić information content (AvgIpc) is 3.16. The summed E-state index contributed by atoms with van der Waals surface area (Å²) in [4.78, 5) is 16.0. The van der Waals surface area contributed by atoms with Gasteiger partial charge in [-0.25, -0.2) is 4.98 Å². The van der Waals surface area contributed by atoms with Crippen molar-refractivity contribution in [3.63, 3.8) is 0 Å². The molecule has 1 fully saturated rings. The number of nitrogens with zero attached hydrogens (tertiary/aromatic N) is 3. The van der Waals surface area contributed by atoms with Gasteiger partial charge in [0.25, 0.3) is 5.91 Å². The number of aromatic nitrogens is 3. The van der Waals surface area contributed by atoms with Gasteiger partial charge in [0.05, 0.1) is 24.4 Å². The van der Waals surface area contributed by atoms with Gasteiger partial charge >= 0.3 is 6.18 Å². The van der Waals surface area contributed by atoms with E-state index in [-0.39, 0.29) is 5.69 Å². The number of hydrogen-bond acceptors (Lipinski definition) is 4. The first-order valence-corrected chi connectivity index (χ1v) is 10.2. The number of hydrogen-bond donors (Lipinski definition) is 1. The molecule has 164 valence electrons. The maximum atomic E-state index is 12.9. The summed E-state index contributed by atoms with van der Waals surface area (Å²) >= 11 is 0. The number of alkyl halides is 3. The first kappa shape index (κ1) is 21.1. The molecule has 9 heteroatoms. The molecule has 1 aromatic carbocycles. The van der Waals surface area contributed by atoms with Crippen molar-refractivity contribution in [3.8, 4) is 5.75 Å². The summed E-state index contributed by atoms with van der Waals surface area (Å²) in [6.45, 7) is 2.26. The van der Waals surface area contributed by atoms with Gasteiger partial charge < -0.3 is 10.1 Å². The lowest BCUT2D eigenvalue weighted by Crippen LogP contribution is -2.17. The number of benzene rings is 1. The van der Waals surface area contributed by atoms with Crippen molar-refractivity contribution >= 4 is 22.5 Å². The first-order valence-electron chi connectivity index (χ1n) is 10.2. The van der Waals surface area contributed by atoms with E-state index in [1.165, 1.54) is 13.2 Å². The fraction of sp³-hybridized carbons (Fsp3) is 0.409. The second-order valence-corrected chi connectivity index (χ2v) is 7.99. The molecule has 1 saturated carbocycles. The van der Waals surface area contributed by atoms with Crippen LogP contribution in [0.25, 0.3) is 10.9 Å². The zero-order chi connectivity index (χ0) is 22.2. The smallest absolute Gasteiger partial charge is 0.433 e. The van der Waals surface area contributed by atoms with Gasteiger partial charge in [0.1, 0.15) is 17.1 Å². The highest BCUT2D eigenvalue weighted by molar-refractivity contribution is 6.05. The molecular weight excluding hydrogens is 409 g/mol. The molecule has 0 aliphatic heterocycles. The third kappa shape index (κ3) is 4.50. The Bertz CT molecular complexity index is 1100. The second-order valence-electron chi connectivity index (χ2n) is 7.99. The van der Waals surface area contributed by atoms with Crippen LogP contribution in [0.2, 0.25) is 0 Å². The monoisotopic (exact) mass is 432 g/mol. The van der Waals surface area contributed by atoms with Gasteiger partial charge in [0.2, 0.25) is 0 Å². The van der Waals surface area contributed by atoms with Crippen LogP contribution in [0.4, 0.5) is 18.9 Å². The van der Waals surface area contributed by atoms with E-state index < -0.39 is 17.8 Å². The van der Waals surface area contributed by atoms with E-state index in [2.05, 4.69) is 22.3 Å². The fourth-order valence-corrected chi connectivity index (χ4v) is 3.94.